The van der Waals surface area contributed by atoms with Crippen LogP contribution in [0, 0.1) is 0 Å². The van der Waals surface area contributed by atoms with Crippen molar-refractivity contribution in [3.8, 4) is 0 Å². The van der Waals surface area contributed by atoms with E-state index in [2.05, 4.69) is 23.3 Å². The van der Waals surface area contributed by atoms with Gasteiger partial charge in [-0.1, -0.05) is 42.5 Å². The molecule has 5 nitrogen and oxygen atoms in total. The summed E-state index contributed by atoms with van der Waals surface area (Å²) in [5.74, 6) is -1.47. The zero-order valence-corrected chi connectivity index (χ0v) is 12.7. The Balaban J connectivity index is 2.19. The highest BCUT2D eigenvalue weighted by Gasteiger charge is 2.20. The van der Waals surface area contributed by atoms with Gasteiger partial charge in [-0.25, -0.2) is 9.78 Å². The molecule has 21 heavy (non-hydrogen) atoms. The number of ketones is 1. The lowest BCUT2D eigenvalue weighted by Crippen LogP contribution is -2.05. The second-order valence-corrected chi connectivity index (χ2v) is 5.53. The van der Waals surface area contributed by atoms with E-state index in [0.717, 1.165) is 23.3 Å². The third-order valence-corrected chi connectivity index (χ3v) is 4.19. The molecule has 0 atom stereocenters. The van der Waals surface area contributed by atoms with Crippen molar-refractivity contribution < 1.29 is 14.7 Å². The van der Waals surface area contributed by atoms with E-state index in [4.69, 9.17) is 5.11 Å². The van der Waals surface area contributed by atoms with E-state index < -0.39 is 5.97 Å². The number of nitrogens with one attached hydrogen (secondary N) is 1. The minimum Gasteiger partial charge on any atom is -0.476 e. The quantitative estimate of drug-likeness (QED) is 0.801. The summed E-state index contributed by atoms with van der Waals surface area (Å²) in [4.78, 5) is 26.7. The van der Waals surface area contributed by atoms with Crippen LogP contribution in [-0.4, -0.2) is 21.8 Å². The van der Waals surface area contributed by atoms with Crippen molar-refractivity contribution in [2.75, 3.05) is 5.32 Å². The Labute approximate surface area is 126 Å². The predicted molar refractivity (Wildman–Crippen MR) is 82.2 cm³/mol. The van der Waals surface area contributed by atoms with Crippen LogP contribution >= 0.6 is 11.3 Å². The third kappa shape index (κ3) is 3.46. The van der Waals surface area contributed by atoms with Crippen molar-refractivity contribution in [1.82, 2.24) is 4.98 Å². The number of rotatable bonds is 6. The van der Waals surface area contributed by atoms with E-state index in [9.17, 15) is 9.59 Å². The van der Waals surface area contributed by atoms with Gasteiger partial charge >= 0.3 is 5.97 Å². The van der Waals surface area contributed by atoms with Gasteiger partial charge in [-0.3, -0.25) is 4.79 Å². The average Bonchev–Trinajstić information content (AvgIpc) is 2.90. The molecular formula is C15H16N2O3S. The van der Waals surface area contributed by atoms with E-state index in [1.54, 1.807) is 0 Å². The first-order chi connectivity index (χ1) is 10.0. The van der Waals surface area contributed by atoms with Gasteiger partial charge in [0, 0.05) is 13.5 Å². The van der Waals surface area contributed by atoms with Crippen LogP contribution in [0.3, 0.4) is 0 Å². The van der Waals surface area contributed by atoms with Crippen molar-refractivity contribution in [1.29, 1.82) is 0 Å². The minimum atomic E-state index is -1.18. The average molecular weight is 304 g/mol. The number of benzene rings is 1. The second kappa shape index (κ2) is 6.49. The lowest BCUT2D eigenvalue weighted by molar-refractivity contribution is 0.0687. The second-order valence-electron chi connectivity index (χ2n) is 4.53. The largest absolute Gasteiger partial charge is 0.476 e. The molecule has 0 unspecified atom stereocenters. The van der Waals surface area contributed by atoms with Crippen molar-refractivity contribution in [2.45, 2.75) is 26.8 Å². The summed E-state index contributed by atoms with van der Waals surface area (Å²) in [6.07, 6.45) is 0.925. The van der Waals surface area contributed by atoms with Gasteiger partial charge < -0.3 is 10.4 Å². The Morgan fingerprint density at radius 3 is 2.48 bits per heavy atom. The topological polar surface area (TPSA) is 79.3 Å². The van der Waals surface area contributed by atoms with Crippen LogP contribution in [0.4, 0.5) is 5.13 Å². The lowest BCUT2D eigenvalue weighted by Gasteiger charge is -2.07. The molecule has 6 heteroatoms. The van der Waals surface area contributed by atoms with Crippen molar-refractivity contribution in [2.24, 2.45) is 0 Å². The van der Waals surface area contributed by atoms with Gasteiger partial charge in [-0.2, -0.15) is 0 Å². The number of anilines is 1. The summed E-state index contributed by atoms with van der Waals surface area (Å²) >= 11 is 1.08. The summed E-state index contributed by atoms with van der Waals surface area (Å²) in [5, 5.41) is 12.6. The smallest absolute Gasteiger partial charge is 0.356 e. The van der Waals surface area contributed by atoms with E-state index in [0.29, 0.717) is 11.7 Å². The number of carbonyl (C=O) groups is 2. The molecule has 0 fully saturated rings. The fraction of sp³-hybridized carbons (Fsp3) is 0.267. The fourth-order valence-electron chi connectivity index (χ4n) is 2.03. The first kappa shape index (κ1) is 15.2. The summed E-state index contributed by atoms with van der Waals surface area (Å²) in [5.41, 5.74) is 2.18. The molecule has 2 aromatic rings. The SMILES string of the molecule is CCc1ccccc1CNc1nc(C(=O)O)c(C(C)=O)s1. The molecule has 110 valence electrons. The highest BCUT2D eigenvalue weighted by atomic mass is 32.1. The summed E-state index contributed by atoms with van der Waals surface area (Å²) in [7, 11) is 0. The van der Waals surface area contributed by atoms with Gasteiger partial charge in [0.25, 0.3) is 0 Å². The molecule has 0 amide bonds. The number of nitrogens with zero attached hydrogens (tertiary/aromatic N) is 1. The number of carboxylic acids is 1. The fourth-order valence-corrected chi connectivity index (χ4v) is 2.87. The first-order valence-corrected chi connectivity index (χ1v) is 7.40. The molecule has 0 radical (unpaired) electrons. The van der Waals surface area contributed by atoms with Crippen LogP contribution in [0.5, 0.6) is 0 Å². The predicted octanol–water partition coefficient (Wildman–Crippen LogP) is 3.22. The van der Waals surface area contributed by atoms with E-state index in [1.807, 2.05) is 18.2 Å². The molecule has 0 aliphatic carbocycles. The van der Waals surface area contributed by atoms with Gasteiger partial charge in [0.2, 0.25) is 0 Å². The molecule has 0 bridgehead atoms. The van der Waals surface area contributed by atoms with Crippen LogP contribution in [-0.2, 0) is 13.0 Å². The Morgan fingerprint density at radius 1 is 1.29 bits per heavy atom. The van der Waals surface area contributed by atoms with Crippen LogP contribution < -0.4 is 5.32 Å². The molecule has 1 aromatic heterocycles. The highest BCUT2D eigenvalue weighted by Crippen LogP contribution is 2.24. The molecule has 2 rings (SSSR count). The number of aryl methyl sites for hydroxylation is 1. The van der Waals surface area contributed by atoms with Crippen LogP contribution in [0.1, 0.15) is 45.1 Å². The van der Waals surface area contributed by atoms with Gasteiger partial charge in [-0.15, -0.1) is 0 Å². The van der Waals surface area contributed by atoms with Crippen LogP contribution in [0.2, 0.25) is 0 Å². The number of aromatic nitrogens is 1. The maximum absolute atomic E-state index is 11.4. The Hall–Kier alpha value is -2.21. The zero-order valence-electron chi connectivity index (χ0n) is 11.8. The van der Waals surface area contributed by atoms with E-state index >= 15 is 0 Å². The number of carbonyl (C=O) groups excluding carboxylic acids is 1. The molecule has 0 aliphatic rings. The third-order valence-electron chi connectivity index (χ3n) is 3.08. The Morgan fingerprint density at radius 2 is 1.95 bits per heavy atom. The summed E-state index contributed by atoms with van der Waals surface area (Å²) in [6.45, 7) is 3.97. The lowest BCUT2D eigenvalue weighted by atomic mass is 10.1. The van der Waals surface area contributed by atoms with Crippen LogP contribution in [0.15, 0.2) is 24.3 Å². The minimum absolute atomic E-state index is 0.175. The monoisotopic (exact) mass is 304 g/mol. The van der Waals surface area contributed by atoms with Crippen LogP contribution in [0.25, 0.3) is 0 Å². The molecule has 1 aromatic carbocycles. The first-order valence-electron chi connectivity index (χ1n) is 6.58. The standard InChI is InChI=1S/C15H16N2O3S/c1-3-10-6-4-5-7-11(10)8-16-15-17-12(14(19)20)13(21-15)9(2)18/h4-7H,3,8H2,1-2H3,(H,16,17)(H,19,20). The maximum atomic E-state index is 11.4. The molecule has 0 aliphatic heterocycles. The van der Waals surface area contributed by atoms with E-state index in [-0.39, 0.29) is 16.4 Å². The number of Topliss-reactive ketones (excluding diaryl/α,β-unsaturated/α-hetero) is 1. The number of aromatic carboxylic acids is 1. The highest BCUT2D eigenvalue weighted by molar-refractivity contribution is 7.17. The molecule has 0 saturated heterocycles. The molecule has 1 heterocycles. The number of hydrogen-bond acceptors (Lipinski definition) is 5. The van der Waals surface area contributed by atoms with Gasteiger partial charge in [0.05, 0.1) is 0 Å². The van der Waals surface area contributed by atoms with Gasteiger partial charge in [-0.05, 0) is 17.5 Å². The normalized spacial score (nSPS) is 10.4. The number of carboxylic acid groups (broad SMARTS) is 1. The van der Waals surface area contributed by atoms with Crippen molar-refractivity contribution in [3.63, 3.8) is 0 Å². The number of thiazole rings is 1. The zero-order chi connectivity index (χ0) is 15.4. The van der Waals surface area contributed by atoms with E-state index in [1.165, 1.54) is 12.5 Å². The summed E-state index contributed by atoms with van der Waals surface area (Å²) in [6, 6.07) is 8.02. The van der Waals surface area contributed by atoms with Gasteiger partial charge in [0.1, 0.15) is 4.88 Å². The molecule has 0 spiro atoms. The maximum Gasteiger partial charge on any atom is 0.356 e. The van der Waals surface area contributed by atoms with Crippen molar-refractivity contribution in [3.05, 3.63) is 46.0 Å². The summed E-state index contributed by atoms with van der Waals surface area (Å²) < 4.78 is 0. The van der Waals surface area contributed by atoms with Crippen molar-refractivity contribution >= 4 is 28.2 Å². The Bertz CT molecular complexity index is 648. The molecule has 2 N–H and O–H groups in total. The Kier molecular flexibility index (Phi) is 4.70. The molecule has 0 saturated carbocycles. The number of hydrogen-bond donors (Lipinski definition) is 2. The molecular weight excluding hydrogens is 288 g/mol. The van der Waals surface area contributed by atoms with Gasteiger partial charge in [0.15, 0.2) is 16.6 Å².